The lowest BCUT2D eigenvalue weighted by molar-refractivity contribution is -0.469. The van der Waals surface area contributed by atoms with Crippen LogP contribution in [0.3, 0.4) is 0 Å². The van der Waals surface area contributed by atoms with Crippen LogP contribution in [0.5, 0.6) is 0 Å². The molecule has 37 heavy (non-hydrogen) atoms. The molecule has 2 heterocycles. The standard InChI is InChI=1S/C26H40O9SSi/c1-24(2,3)37(8,9)35-23-20-18(15-36(27,28)17-13-11-10-12-14-17)19(31-16-32-20)21-22(23)34-26(5,30-7)25(4,29-6)33-21/h10-15,19-23H,16H2,1-9H3/t19-,20+,21-,22+,23-,25+,26+/m1/s1. The first kappa shape index (κ1) is 28.8. The van der Waals surface area contributed by atoms with Crippen LogP contribution < -0.4 is 0 Å². The molecule has 9 nitrogen and oxygen atoms in total. The molecule has 0 N–H and O–H groups in total. The predicted molar refractivity (Wildman–Crippen MR) is 139 cm³/mol. The van der Waals surface area contributed by atoms with Crippen molar-refractivity contribution >= 4 is 18.2 Å². The lowest BCUT2D eigenvalue weighted by Crippen LogP contribution is -2.75. The molecule has 1 aliphatic carbocycles. The van der Waals surface area contributed by atoms with Crippen molar-refractivity contribution in [3.63, 3.8) is 0 Å². The van der Waals surface area contributed by atoms with Gasteiger partial charge in [-0.3, -0.25) is 0 Å². The highest BCUT2D eigenvalue weighted by Gasteiger charge is 2.65. The monoisotopic (exact) mass is 556 g/mol. The molecule has 208 valence electrons. The van der Waals surface area contributed by atoms with E-state index in [4.69, 9.17) is 32.8 Å². The molecule has 0 amide bonds. The van der Waals surface area contributed by atoms with E-state index in [1.165, 1.54) is 19.6 Å². The van der Waals surface area contributed by atoms with Crippen LogP contribution in [0.25, 0.3) is 0 Å². The Balaban J connectivity index is 1.85. The van der Waals surface area contributed by atoms with Gasteiger partial charge in [-0.05, 0) is 44.1 Å². The average molecular weight is 557 g/mol. The maximum Gasteiger partial charge on any atom is 0.220 e. The predicted octanol–water partition coefficient (Wildman–Crippen LogP) is 4.00. The summed E-state index contributed by atoms with van der Waals surface area (Å²) < 4.78 is 70.5. The van der Waals surface area contributed by atoms with Gasteiger partial charge in [0.15, 0.2) is 18.2 Å². The summed E-state index contributed by atoms with van der Waals surface area (Å²) in [6.45, 7) is 14.1. The first-order chi connectivity index (χ1) is 17.1. The second-order valence-corrected chi connectivity index (χ2v) is 18.1. The molecule has 0 radical (unpaired) electrons. The molecule has 7 atom stereocenters. The number of rotatable bonds is 6. The van der Waals surface area contributed by atoms with Crippen LogP contribution >= 0.6 is 0 Å². The minimum absolute atomic E-state index is 0.0345. The van der Waals surface area contributed by atoms with E-state index in [2.05, 4.69) is 33.9 Å². The van der Waals surface area contributed by atoms with Crippen LogP contribution in [-0.2, 0) is 42.7 Å². The summed E-state index contributed by atoms with van der Waals surface area (Å²) >= 11 is 0. The summed E-state index contributed by atoms with van der Waals surface area (Å²) in [5, 5.41) is 1.12. The van der Waals surface area contributed by atoms with Gasteiger partial charge in [-0.2, -0.15) is 0 Å². The second kappa shape index (κ2) is 9.79. The van der Waals surface area contributed by atoms with E-state index in [0.29, 0.717) is 5.57 Å². The third-order valence-electron chi connectivity index (χ3n) is 8.32. The van der Waals surface area contributed by atoms with Gasteiger partial charge in [-0.15, -0.1) is 0 Å². The molecule has 2 aliphatic heterocycles. The van der Waals surface area contributed by atoms with Crippen LogP contribution in [-0.4, -0.2) is 79.8 Å². The van der Waals surface area contributed by atoms with Crippen molar-refractivity contribution in [2.24, 2.45) is 0 Å². The number of hydrogen-bond acceptors (Lipinski definition) is 9. The lowest BCUT2D eigenvalue weighted by Gasteiger charge is -2.60. The molecule has 0 aromatic heterocycles. The molecule has 1 saturated carbocycles. The molecule has 1 aromatic carbocycles. The molecule has 2 bridgehead atoms. The van der Waals surface area contributed by atoms with E-state index in [1.54, 1.807) is 44.2 Å². The Morgan fingerprint density at radius 2 is 1.49 bits per heavy atom. The van der Waals surface area contributed by atoms with Crippen molar-refractivity contribution in [1.29, 1.82) is 0 Å². The van der Waals surface area contributed by atoms with Crippen LogP contribution in [0.4, 0.5) is 0 Å². The summed E-state index contributed by atoms with van der Waals surface area (Å²) in [4.78, 5) is 0.180. The molecule has 2 saturated heterocycles. The average Bonchev–Trinajstić information content (AvgIpc) is 2.83. The van der Waals surface area contributed by atoms with Crippen molar-refractivity contribution in [3.8, 4) is 0 Å². The van der Waals surface area contributed by atoms with Crippen molar-refractivity contribution in [2.75, 3.05) is 21.0 Å². The van der Waals surface area contributed by atoms with E-state index < -0.39 is 60.2 Å². The Hall–Kier alpha value is -1.15. The highest BCUT2D eigenvalue weighted by molar-refractivity contribution is 7.94. The van der Waals surface area contributed by atoms with E-state index >= 15 is 0 Å². The van der Waals surface area contributed by atoms with E-state index in [-0.39, 0.29) is 16.7 Å². The molecule has 3 aliphatic rings. The van der Waals surface area contributed by atoms with Crippen molar-refractivity contribution in [1.82, 2.24) is 0 Å². The van der Waals surface area contributed by atoms with Crippen molar-refractivity contribution < 1.29 is 41.3 Å². The van der Waals surface area contributed by atoms with Gasteiger partial charge >= 0.3 is 0 Å². The Bertz CT molecular complexity index is 1120. The van der Waals surface area contributed by atoms with Gasteiger partial charge < -0.3 is 32.8 Å². The molecular formula is C26H40O9SSi. The van der Waals surface area contributed by atoms with Gasteiger partial charge in [0.1, 0.15) is 37.3 Å². The number of hydrogen-bond donors (Lipinski definition) is 0. The molecule has 4 rings (SSSR count). The molecule has 0 spiro atoms. The van der Waals surface area contributed by atoms with Crippen molar-refractivity contribution in [3.05, 3.63) is 41.3 Å². The van der Waals surface area contributed by atoms with Gasteiger partial charge in [0, 0.05) is 25.2 Å². The van der Waals surface area contributed by atoms with Crippen LogP contribution in [0, 0.1) is 0 Å². The number of benzene rings is 1. The van der Waals surface area contributed by atoms with E-state index in [9.17, 15) is 8.42 Å². The zero-order valence-corrected chi connectivity index (χ0v) is 25.0. The Labute approximate surface area is 221 Å². The summed E-state index contributed by atoms with van der Waals surface area (Å²) in [7, 11) is -3.16. The fourth-order valence-corrected chi connectivity index (χ4v) is 7.33. The summed E-state index contributed by atoms with van der Waals surface area (Å²) in [5.74, 6) is -2.58. The largest absolute Gasteiger partial charge is 0.408 e. The van der Waals surface area contributed by atoms with Crippen molar-refractivity contribution in [2.45, 2.75) is 99.7 Å². The first-order valence-corrected chi connectivity index (χ1v) is 16.9. The Morgan fingerprint density at radius 3 is 2.03 bits per heavy atom. The van der Waals surface area contributed by atoms with Gasteiger partial charge in [0.25, 0.3) is 0 Å². The Morgan fingerprint density at radius 1 is 0.946 bits per heavy atom. The third kappa shape index (κ3) is 4.98. The van der Waals surface area contributed by atoms with E-state index in [1.807, 2.05) is 0 Å². The van der Waals surface area contributed by atoms with E-state index in [0.717, 1.165) is 0 Å². The maximum absolute atomic E-state index is 13.4. The highest BCUT2D eigenvalue weighted by atomic mass is 32.2. The number of methoxy groups -OCH3 is 2. The minimum atomic E-state index is -3.82. The fraction of sp³-hybridized carbons (Fsp3) is 0.692. The quantitative estimate of drug-likeness (QED) is 0.482. The SMILES string of the molecule is CO[C@@]1(C)O[C@H]2[C@H](O[C@]1(C)OC)[C@@H]1OCO[C@@H](C1=CS(=O)(=O)c1ccccc1)[C@H]2O[Si](C)(C)C(C)(C)C. The Kier molecular flexibility index (Phi) is 7.63. The zero-order chi connectivity index (χ0) is 27.4. The normalized spacial score (nSPS) is 37.9. The van der Waals surface area contributed by atoms with Crippen LogP contribution in [0.15, 0.2) is 46.2 Å². The summed E-state index contributed by atoms with van der Waals surface area (Å²) in [6, 6.07) is 8.27. The minimum Gasteiger partial charge on any atom is -0.408 e. The maximum atomic E-state index is 13.4. The molecule has 3 fully saturated rings. The number of ether oxygens (including phenoxy) is 6. The topological polar surface area (TPSA) is 98.8 Å². The zero-order valence-electron chi connectivity index (χ0n) is 23.1. The smallest absolute Gasteiger partial charge is 0.220 e. The molecule has 0 unspecified atom stereocenters. The summed E-state index contributed by atoms with van der Waals surface area (Å²) in [6.07, 6.45) is -3.55. The van der Waals surface area contributed by atoms with Gasteiger partial charge in [0.05, 0.1) is 4.90 Å². The first-order valence-electron chi connectivity index (χ1n) is 12.5. The van der Waals surface area contributed by atoms with Gasteiger partial charge in [-0.25, -0.2) is 8.42 Å². The number of fused-ring (bicyclic) bond motifs is 4. The number of sulfone groups is 1. The lowest BCUT2D eigenvalue weighted by atomic mass is 9.81. The third-order valence-corrected chi connectivity index (χ3v) is 14.3. The molecular weight excluding hydrogens is 516 g/mol. The van der Waals surface area contributed by atoms with Crippen LogP contribution in [0.1, 0.15) is 34.6 Å². The molecule has 11 heteroatoms. The fourth-order valence-electron chi connectivity index (χ4n) is 4.74. The van der Waals surface area contributed by atoms with Crippen LogP contribution in [0.2, 0.25) is 18.1 Å². The van der Waals surface area contributed by atoms with Gasteiger partial charge in [-0.1, -0.05) is 39.0 Å². The summed E-state index contributed by atoms with van der Waals surface area (Å²) in [5.41, 5.74) is 0.433. The second-order valence-electron chi connectivity index (χ2n) is 11.6. The highest BCUT2D eigenvalue weighted by Crippen LogP contribution is 2.49. The molecule has 1 aromatic rings. The van der Waals surface area contributed by atoms with Gasteiger partial charge in [0.2, 0.25) is 11.6 Å².